The van der Waals surface area contributed by atoms with Crippen molar-refractivity contribution in [2.45, 2.75) is 6.92 Å². The Morgan fingerprint density at radius 2 is 2.06 bits per heavy atom. The number of esters is 1. The van der Waals surface area contributed by atoms with E-state index in [-0.39, 0.29) is 29.1 Å². The molecular formula is C12H10O6. The fourth-order valence-corrected chi connectivity index (χ4v) is 1.56. The largest absolute Gasteiger partial charge is 0.508 e. The third-order valence-electron chi connectivity index (χ3n) is 2.27. The van der Waals surface area contributed by atoms with Crippen molar-refractivity contribution in [1.82, 2.24) is 0 Å². The average Bonchev–Trinajstić information content (AvgIpc) is 2.27. The summed E-state index contributed by atoms with van der Waals surface area (Å²) in [5, 5.41) is 18.7. The second-order valence-electron chi connectivity index (χ2n) is 3.53. The number of phenolic OH excluding ortho intramolecular Hbond substituents is 2. The predicted molar refractivity (Wildman–Crippen MR) is 61.8 cm³/mol. The van der Waals surface area contributed by atoms with Crippen LogP contribution in [0.1, 0.15) is 17.5 Å². The Kier molecular flexibility index (Phi) is 2.93. The van der Waals surface area contributed by atoms with Gasteiger partial charge in [-0.1, -0.05) is 0 Å². The summed E-state index contributed by atoms with van der Waals surface area (Å²) >= 11 is 0. The van der Waals surface area contributed by atoms with Crippen LogP contribution < -0.4 is 5.43 Å². The van der Waals surface area contributed by atoms with E-state index in [0.29, 0.717) is 0 Å². The maximum absolute atomic E-state index is 11.7. The van der Waals surface area contributed by atoms with E-state index in [4.69, 9.17) is 9.15 Å². The highest BCUT2D eigenvalue weighted by atomic mass is 16.5. The summed E-state index contributed by atoms with van der Waals surface area (Å²) in [5.41, 5.74) is -0.667. The van der Waals surface area contributed by atoms with Crippen LogP contribution in [0.4, 0.5) is 0 Å². The molecule has 0 unspecified atom stereocenters. The van der Waals surface area contributed by atoms with Crippen LogP contribution in [-0.4, -0.2) is 22.8 Å². The molecule has 0 atom stereocenters. The number of phenols is 2. The smallest absolute Gasteiger partial charge is 0.374 e. The Labute approximate surface area is 101 Å². The van der Waals surface area contributed by atoms with Gasteiger partial charge >= 0.3 is 5.97 Å². The first-order valence-corrected chi connectivity index (χ1v) is 5.20. The molecule has 0 fully saturated rings. The van der Waals surface area contributed by atoms with E-state index in [1.807, 2.05) is 0 Å². The van der Waals surface area contributed by atoms with Gasteiger partial charge in [-0.3, -0.25) is 4.79 Å². The molecule has 2 N–H and O–H groups in total. The van der Waals surface area contributed by atoms with Gasteiger partial charge in [0.25, 0.3) is 0 Å². The van der Waals surface area contributed by atoms with Crippen LogP contribution in [0.2, 0.25) is 0 Å². The fraction of sp³-hybridized carbons (Fsp3) is 0.167. The molecule has 0 radical (unpaired) electrons. The number of aromatic hydroxyl groups is 2. The number of hydrogen-bond donors (Lipinski definition) is 2. The number of ether oxygens (including phenoxy) is 1. The molecular weight excluding hydrogens is 240 g/mol. The highest BCUT2D eigenvalue weighted by Crippen LogP contribution is 2.27. The molecule has 2 rings (SSSR count). The van der Waals surface area contributed by atoms with Crippen molar-refractivity contribution in [3.63, 3.8) is 0 Å². The number of benzene rings is 1. The van der Waals surface area contributed by atoms with Gasteiger partial charge in [0.1, 0.15) is 22.5 Å². The lowest BCUT2D eigenvalue weighted by Gasteiger charge is -2.04. The van der Waals surface area contributed by atoms with Crippen LogP contribution in [0.15, 0.2) is 27.4 Å². The topological polar surface area (TPSA) is 97.0 Å². The summed E-state index contributed by atoms with van der Waals surface area (Å²) in [4.78, 5) is 23.2. The van der Waals surface area contributed by atoms with E-state index in [9.17, 15) is 19.8 Å². The molecule has 18 heavy (non-hydrogen) atoms. The lowest BCUT2D eigenvalue weighted by atomic mass is 10.2. The monoisotopic (exact) mass is 250 g/mol. The first-order chi connectivity index (χ1) is 8.52. The van der Waals surface area contributed by atoms with Crippen molar-refractivity contribution >= 4 is 16.9 Å². The highest BCUT2D eigenvalue weighted by Gasteiger charge is 2.15. The van der Waals surface area contributed by atoms with E-state index in [1.54, 1.807) is 6.92 Å². The van der Waals surface area contributed by atoms with Gasteiger partial charge in [-0.05, 0) is 6.92 Å². The number of hydrogen-bond acceptors (Lipinski definition) is 6. The Balaban J connectivity index is 2.69. The number of carbonyl (C=O) groups is 1. The zero-order valence-corrected chi connectivity index (χ0v) is 9.47. The lowest BCUT2D eigenvalue weighted by molar-refractivity contribution is 0.0490. The molecule has 0 aliphatic heterocycles. The van der Waals surface area contributed by atoms with E-state index in [1.165, 1.54) is 0 Å². The second-order valence-corrected chi connectivity index (χ2v) is 3.53. The number of fused-ring (bicyclic) bond motifs is 1. The summed E-state index contributed by atoms with van der Waals surface area (Å²) in [5.74, 6) is -1.74. The molecule has 0 spiro atoms. The Bertz CT molecular complexity index is 670. The molecule has 0 bridgehead atoms. The summed E-state index contributed by atoms with van der Waals surface area (Å²) < 4.78 is 9.82. The van der Waals surface area contributed by atoms with Gasteiger partial charge < -0.3 is 19.4 Å². The van der Waals surface area contributed by atoms with E-state index in [2.05, 4.69) is 0 Å². The zero-order valence-electron chi connectivity index (χ0n) is 9.47. The molecule has 0 aliphatic rings. The van der Waals surface area contributed by atoms with Gasteiger partial charge in [0.15, 0.2) is 5.43 Å². The quantitative estimate of drug-likeness (QED) is 0.781. The summed E-state index contributed by atoms with van der Waals surface area (Å²) in [7, 11) is 0. The van der Waals surface area contributed by atoms with Crippen molar-refractivity contribution in [1.29, 1.82) is 0 Å². The van der Waals surface area contributed by atoms with E-state index < -0.39 is 17.1 Å². The van der Waals surface area contributed by atoms with Crippen LogP contribution in [0.25, 0.3) is 11.0 Å². The summed E-state index contributed by atoms with van der Waals surface area (Å²) in [6, 6.07) is 3.10. The van der Waals surface area contributed by atoms with Gasteiger partial charge in [0.05, 0.1) is 6.61 Å². The van der Waals surface area contributed by atoms with Gasteiger partial charge in [0.2, 0.25) is 5.76 Å². The van der Waals surface area contributed by atoms with Crippen molar-refractivity contribution in [2.75, 3.05) is 6.61 Å². The number of rotatable bonds is 2. The summed E-state index contributed by atoms with van der Waals surface area (Å²) in [6.45, 7) is 1.76. The van der Waals surface area contributed by atoms with Gasteiger partial charge in [-0.2, -0.15) is 0 Å². The molecule has 1 aromatic heterocycles. The first kappa shape index (κ1) is 12.0. The van der Waals surface area contributed by atoms with Gasteiger partial charge in [-0.25, -0.2) is 4.79 Å². The third kappa shape index (κ3) is 2.00. The Morgan fingerprint density at radius 3 is 2.72 bits per heavy atom. The second kappa shape index (κ2) is 4.40. The molecule has 0 amide bonds. The number of carbonyl (C=O) groups excluding carboxylic acids is 1. The molecule has 1 aromatic carbocycles. The normalized spacial score (nSPS) is 10.5. The minimum absolute atomic E-state index is 0.0805. The van der Waals surface area contributed by atoms with Crippen LogP contribution in [-0.2, 0) is 4.74 Å². The minimum Gasteiger partial charge on any atom is -0.508 e. The predicted octanol–water partition coefficient (Wildman–Crippen LogP) is 1.38. The molecule has 0 saturated carbocycles. The van der Waals surface area contributed by atoms with Crippen molar-refractivity contribution in [2.24, 2.45) is 0 Å². The SMILES string of the molecule is CCOC(=O)c1cc(=O)c2c(O)cc(O)cc2o1. The van der Waals surface area contributed by atoms with Gasteiger partial charge in [-0.15, -0.1) is 0 Å². The maximum Gasteiger partial charge on any atom is 0.374 e. The third-order valence-corrected chi connectivity index (χ3v) is 2.27. The summed E-state index contributed by atoms with van der Waals surface area (Å²) in [6.07, 6.45) is 0. The molecule has 2 aromatic rings. The van der Waals surface area contributed by atoms with Crippen LogP contribution >= 0.6 is 0 Å². The Morgan fingerprint density at radius 1 is 1.33 bits per heavy atom. The van der Waals surface area contributed by atoms with Crippen LogP contribution in [0.5, 0.6) is 11.5 Å². The van der Waals surface area contributed by atoms with Gasteiger partial charge in [0, 0.05) is 18.2 Å². The zero-order chi connectivity index (χ0) is 13.3. The highest BCUT2D eigenvalue weighted by molar-refractivity contribution is 5.91. The van der Waals surface area contributed by atoms with Crippen molar-refractivity contribution in [3.8, 4) is 11.5 Å². The molecule has 6 heteroatoms. The molecule has 0 aliphatic carbocycles. The van der Waals surface area contributed by atoms with Crippen LogP contribution in [0.3, 0.4) is 0 Å². The standard InChI is InChI=1S/C12H10O6/c1-2-17-12(16)10-5-8(15)11-7(14)3-6(13)4-9(11)18-10/h3-5,13-14H,2H2,1H3. The van der Waals surface area contributed by atoms with E-state index in [0.717, 1.165) is 18.2 Å². The lowest BCUT2D eigenvalue weighted by Crippen LogP contribution is -2.10. The maximum atomic E-state index is 11.7. The average molecular weight is 250 g/mol. The van der Waals surface area contributed by atoms with Crippen LogP contribution in [0, 0.1) is 0 Å². The molecule has 6 nitrogen and oxygen atoms in total. The Hall–Kier alpha value is -2.50. The minimum atomic E-state index is -0.778. The molecule has 94 valence electrons. The first-order valence-electron chi connectivity index (χ1n) is 5.20. The molecule has 0 saturated heterocycles. The van der Waals surface area contributed by atoms with Crippen molar-refractivity contribution in [3.05, 3.63) is 34.2 Å². The fourth-order valence-electron chi connectivity index (χ4n) is 1.56. The van der Waals surface area contributed by atoms with E-state index >= 15 is 0 Å². The molecule has 1 heterocycles. The van der Waals surface area contributed by atoms with Crippen molar-refractivity contribution < 1.29 is 24.2 Å².